The van der Waals surface area contributed by atoms with Gasteiger partial charge in [0.15, 0.2) is 0 Å². The van der Waals surface area contributed by atoms with Gasteiger partial charge in [-0.05, 0) is 12.1 Å². The second-order valence-electron chi connectivity index (χ2n) is 2.88. The lowest BCUT2D eigenvalue weighted by Crippen LogP contribution is -1.83. The van der Waals surface area contributed by atoms with Crippen molar-refractivity contribution in [2.75, 3.05) is 0 Å². The third-order valence-electron chi connectivity index (χ3n) is 1.91. The second kappa shape index (κ2) is 4.28. The van der Waals surface area contributed by atoms with Crippen LogP contribution in [0.5, 0.6) is 0 Å². The zero-order valence-electron chi connectivity index (χ0n) is 7.91. The van der Waals surface area contributed by atoms with Crippen LogP contribution in [-0.4, -0.2) is 25.3 Å². The molecule has 0 unspecified atom stereocenters. The molecular formula is C10H10N4O. The van der Waals surface area contributed by atoms with E-state index in [1.54, 1.807) is 18.6 Å². The van der Waals surface area contributed by atoms with Gasteiger partial charge in [-0.1, -0.05) is 18.2 Å². The van der Waals surface area contributed by atoms with E-state index in [4.69, 9.17) is 5.21 Å². The van der Waals surface area contributed by atoms with Crippen LogP contribution < -0.4 is 0 Å². The number of hydrogen-bond donors (Lipinski definition) is 2. The summed E-state index contributed by atoms with van der Waals surface area (Å²) in [6.45, 7) is 0. The predicted molar refractivity (Wildman–Crippen MR) is 55.5 cm³/mol. The van der Waals surface area contributed by atoms with Gasteiger partial charge in [0.25, 0.3) is 0 Å². The third kappa shape index (κ3) is 2.14. The fraction of sp³-hybridized carbons (Fsp3) is 0. The van der Waals surface area contributed by atoms with Gasteiger partial charge in [0.1, 0.15) is 0 Å². The van der Waals surface area contributed by atoms with Crippen molar-refractivity contribution in [3.8, 4) is 0 Å². The molecule has 15 heavy (non-hydrogen) atoms. The van der Waals surface area contributed by atoms with Crippen LogP contribution in [0.1, 0.15) is 0 Å². The van der Waals surface area contributed by atoms with Crippen LogP contribution in [0.2, 0.25) is 0 Å². The molecule has 2 N–H and O–H groups in total. The quantitative estimate of drug-likeness (QED) is 0.545. The van der Waals surface area contributed by atoms with Gasteiger partial charge in [0.2, 0.25) is 0 Å². The van der Waals surface area contributed by atoms with Crippen molar-refractivity contribution in [3.05, 3.63) is 48.9 Å². The first kappa shape index (κ1) is 9.26. The average Bonchev–Trinajstić information content (AvgIpc) is 2.92. The minimum absolute atomic E-state index is 0.850. The number of aromatic nitrogens is 4. The van der Waals surface area contributed by atoms with E-state index in [2.05, 4.69) is 15.4 Å². The summed E-state index contributed by atoms with van der Waals surface area (Å²) in [5.74, 6) is 0. The lowest BCUT2D eigenvalue weighted by Gasteiger charge is -1.91. The molecule has 0 aliphatic carbocycles. The van der Waals surface area contributed by atoms with E-state index >= 15 is 0 Å². The van der Waals surface area contributed by atoms with E-state index in [0.29, 0.717) is 0 Å². The highest BCUT2D eigenvalue weighted by atomic mass is 16.5. The Morgan fingerprint density at radius 1 is 1.07 bits per heavy atom. The number of aromatic amines is 1. The molecule has 76 valence electrons. The number of rotatable bonds is 0. The van der Waals surface area contributed by atoms with Crippen molar-refractivity contribution < 1.29 is 5.21 Å². The van der Waals surface area contributed by atoms with Crippen molar-refractivity contribution in [2.45, 2.75) is 0 Å². The second-order valence-corrected chi connectivity index (χ2v) is 2.88. The van der Waals surface area contributed by atoms with Crippen LogP contribution in [0, 0.1) is 0 Å². The van der Waals surface area contributed by atoms with Crippen molar-refractivity contribution in [3.63, 3.8) is 0 Å². The monoisotopic (exact) mass is 202 g/mol. The summed E-state index contributed by atoms with van der Waals surface area (Å²) in [4.78, 5) is 0. The van der Waals surface area contributed by atoms with E-state index in [-0.39, 0.29) is 0 Å². The molecule has 2 heterocycles. The molecule has 0 saturated heterocycles. The molecule has 0 bridgehead atoms. The summed E-state index contributed by atoms with van der Waals surface area (Å²) in [6.07, 6.45) is 4.80. The Morgan fingerprint density at radius 3 is 2.40 bits per heavy atom. The number of fused-ring (bicyclic) bond motifs is 1. The molecule has 0 fully saturated rings. The van der Waals surface area contributed by atoms with E-state index in [1.165, 1.54) is 0 Å². The summed E-state index contributed by atoms with van der Waals surface area (Å²) in [6, 6.07) is 9.55. The highest BCUT2D eigenvalue weighted by Crippen LogP contribution is 2.12. The summed E-state index contributed by atoms with van der Waals surface area (Å²) in [5, 5.41) is 19.5. The number of benzene rings is 1. The van der Waals surface area contributed by atoms with E-state index in [1.807, 2.05) is 30.3 Å². The lowest BCUT2D eigenvalue weighted by molar-refractivity contribution is 0.200. The van der Waals surface area contributed by atoms with Gasteiger partial charge in [-0.15, -0.1) is 0 Å². The smallest absolute Gasteiger partial charge is 0.0865 e. The van der Waals surface area contributed by atoms with Gasteiger partial charge in [-0.3, -0.25) is 0 Å². The number of para-hydroxylation sites is 1. The van der Waals surface area contributed by atoms with Crippen molar-refractivity contribution in [1.29, 1.82) is 0 Å². The number of hydrogen-bond acceptors (Lipinski definition) is 3. The van der Waals surface area contributed by atoms with Crippen LogP contribution in [0.3, 0.4) is 0 Å². The largest absolute Gasteiger partial charge is 0.428 e. The maximum absolute atomic E-state index is 9.13. The normalized spacial score (nSPS) is 9.60. The lowest BCUT2D eigenvalue weighted by atomic mass is 10.3. The topological polar surface area (TPSA) is 66.7 Å². The summed E-state index contributed by atoms with van der Waals surface area (Å²) in [5.41, 5.74) is 0.850. The number of nitrogens with zero attached hydrogens (tertiary/aromatic N) is 3. The fourth-order valence-electron chi connectivity index (χ4n) is 1.23. The van der Waals surface area contributed by atoms with Gasteiger partial charge in [-0.2, -0.15) is 20.1 Å². The van der Waals surface area contributed by atoms with Crippen molar-refractivity contribution in [2.24, 2.45) is 0 Å². The van der Waals surface area contributed by atoms with Crippen LogP contribution in [0.25, 0.3) is 10.9 Å². The van der Waals surface area contributed by atoms with Gasteiger partial charge >= 0.3 is 0 Å². The first-order chi connectivity index (χ1) is 7.38. The number of H-pyrrole nitrogens is 1. The molecular weight excluding hydrogens is 192 g/mol. The van der Waals surface area contributed by atoms with Crippen molar-refractivity contribution in [1.82, 2.24) is 20.1 Å². The highest BCUT2D eigenvalue weighted by Gasteiger charge is 1.94. The standard InChI is InChI=1S/C8H7NO.C2H3N3/c10-9-6-5-7-3-1-2-4-8(7)9;1-2-4-5-3-1/h1-6,10H;1-2H,(H,3,4,5). The molecule has 5 nitrogen and oxygen atoms in total. The molecule has 0 aliphatic rings. The summed E-state index contributed by atoms with van der Waals surface area (Å²) < 4.78 is 1.12. The molecule has 0 spiro atoms. The molecule has 3 rings (SSSR count). The SMILES string of the molecule is On1ccc2ccccc21.c1cn[nH]n1. The molecule has 0 amide bonds. The summed E-state index contributed by atoms with van der Waals surface area (Å²) >= 11 is 0. The van der Waals surface area contributed by atoms with Crippen LogP contribution in [0.15, 0.2) is 48.9 Å². The molecule has 2 aromatic heterocycles. The molecule has 0 atom stereocenters. The average molecular weight is 202 g/mol. The van der Waals surface area contributed by atoms with Crippen molar-refractivity contribution >= 4 is 10.9 Å². The van der Waals surface area contributed by atoms with Gasteiger partial charge < -0.3 is 5.21 Å². The predicted octanol–water partition coefficient (Wildman–Crippen LogP) is 1.68. The molecule has 0 saturated carbocycles. The molecule has 5 heteroatoms. The molecule has 1 aromatic carbocycles. The Hall–Kier alpha value is -2.30. The van der Waals surface area contributed by atoms with Gasteiger partial charge in [0, 0.05) is 11.6 Å². The van der Waals surface area contributed by atoms with E-state index in [9.17, 15) is 0 Å². The first-order valence-corrected chi connectivity index (χ1v) is 4.43. The Balaban J connectivity index is 0.000000144. The molecule has 3 aromatic rings. The van der Waals surface area contributed by atoms with Crippen LogP contribution in [-0.2, 0) is 0 Å². The zero-order chi connectivity index (χ0) is 10.5. The highest BCUT2D eigenvalue weighted by molar-refractivity contribution is 5.79. The summed E-state index contributed by atoms with van der Waals surface area (Å²) in [7, 11) is 0. The number of nitrogens with one attached hydrogen (secondary N) is 1. The fourth-order valence-corrected chi connectivity index (χ4v) is 1.23. The molecule has 0 aliphatic heterocycles. The maximum Gasteiger partial charge on any atom is 0.0865 e. The van der Waals surface area contributed by atoms with Crippen LogP contribution in [0.4, 0.5) is 0 Å². The maximum atomic E-state index is 9.13. The van der Waals surface area contributed by atoms with Crippen LogP contribution >= 0.6 is 0 Å². The van der Waals surface area contributed by atoms with E-state index in [0.717, 1.165) is 15.6 Å². The third-order valence-corrected chi connectivity index (χ3v) is 1.91. The zero-order valence-corrected chi connectivity index (χ0v) is 7.91. The molecule has 0 radical (unpaired) electrons. The minimum atomic E-state index is 0.850. The Kier molecular flexibility index (Phi) is 2.64. The Labute approximate surface area is 85.9 Å². The van der Waals surface area contributed by atoms with Gasteiger partial charge in [0.05, 0.1) is 17.9 Å². The Morgan fingerprint density at radius 2 is 1.80 bits per heavy atom. The minimum Gasteiger partial charge on any atom is -0.428 e. The Bertz CT molecular complexity index is 498. The first-order valence-electron chi connectivity index (χ1n) is 4.43. The van der Waals surface area contributed by atoms with E-state index < -0.39 is 0 Å². The van der Waals surface area contributed by atoms with Gasteiger partial charge in [-0.25, -0.2) is 0 Å².